The van der Waals surface area contributed by atoms with E-state index in [0.717, 1.165) is 11.1 Å². The maximum absolute atomic E-state index is 13.2. The molecule has 1 N–H and O–H groups in total. The van der Waals surface area contributed by atoms with Crippen molar-refractivity contribution in [3.63, 3.8) is 0 Å². The van der Waals surface area contributed by atoms with Gasteiger partial charge in [0.15, 0.2) is 0 Å². The molecule has 0 atom stereocenters. The SMILES string of the molecule is COCCNC(=O)/C(C#N)=C\c1c(Oc2ccc(C)cc2C)nc2ccccn2c1=O. The van der Waals surface area contributed by atoms with E-state index in [4.69, 9.17) is 9.47 Å². The van der Waals surface area contributed by atoms with Gasteiger partial charge < -0.3 is 14.8 Å². The van der Waals surface area contributed by atoms with E-state index in [1.807, 2.05) is 32.0 Å². The number of nitrogens with one attached hydrogen (secondary N) is 1. The van der Waals surface area contributed by atoms with Crippen LogP contribution in [0.2, 0.25) is 0 Å². The van der Waals surface area contributed by atoms with Gasteiger partial charge in [-0.05, 0) is 43.7 Å². The van der Waals surface area contributed by atoms with Crippen molar-refractivity contribution in [3.05, 3.63) is 75.2 Å². The molecule has 158 valence electrons. The molecular formula is C23H22N4O4. The van der Waals surface area contributed by atoms with E-state index in [2.05, 4.69) is 10.3 Å². The van der Waals surface area contributed by atoms with Crippen LogP contribution < -0.4 is 15.6 Å². The van der Waals surface area contributed by atoms with Gasteiger partial charge in [0.05, 0.1) is 6.61 Å². The molecule has 1 aromatic carbocycles. The van der Waals surface area contributed by atoms with E-state index < -0.39 is 11.5 Å². The van der Waals surface area contributed by atoms with Crippen molar-refractivity contribution in [3.8, 4) is 17.7 Å². The number of hydrogen-bond donors (Lipinski definition) is 1. The standard InChI is InChI=1S/C23H22N4O4/c1-15-7-8-19(16(2)12-15)31-22-18(13-17(14-24)21(28)25-9-11-30-3)23(29)27-10-5-4-6-20(27)26-22/h4-8,10,12-13H,9,11H2,1-3H3,(H,25,28)/b17-13-. The summed E-state index contributed by atoms with van der Waals surface area (Å²) in [6.07, 6.45) is 2.77. The second-order valence-corrected chi connectivity index (χ2v) is 6.85. The van der Waals surface area contributed by atoms with Crippen molar-refractivity contribution in [2.75, 3.05) is 20.3 Å². The highest BCUT2D eigenvalue weighted by atomic mass is 16.5. The van der Waals surface area contributed by atoms with Crippen LogP contribution in [0.1, 0.15) is 16.7 Å². The molecule has 0 aliphatic carbocycles. The molecular weight excluding hydrogens is 396 g/mol. The van der Waals surface area contributed by atoms with Gasteiger partial charge >= 0.3 is 0 Å². The van der Waals surface area contributed by atoms with Gasteiger partial charge in [-0.15, -0.1) is 0 Å². The predicted molar refractivity (Wildman–Crippen MR) is 116 cm³/mol. The molecule has 0 spiro atoms. The Bertz CT molecular complexity index is 1250. The normalized spacial score (nSPS) is 11.2. The summed E-state index contributed by atoms with van der Waals surface area (Å²) >= 11 is 0. The van der Waals surface area contributed by atoms with Crippen molar-refractivity contribution >= 4 is 17.6 Å². The van der Waals surface area contributed by atoms with Gasteiger partial charge in [-0.2, -0.15) is 10.2 Å². The van der Waals surface area contributed by atoms with E-state index in [-0.39, 0.29) is 23.6 Å². The second-order valence-electron chi connectivity index (χ2n) is 6.85. The zero-order chi connectivity index (χ0) is 22.4. The largest absolute Gasteiger partial charge is 0.438 e. The monoisotopic (exact) mass is 418 g/mol. The number of nitriles is 1. The number of ether oxygens (including phenoxy) is 2. The molecule has 2 aromatic heterocycles. The van der Waals surface area contributed by atoms with Gasteiger partial charge in [-0.1, -0.05) is 23.8 Å². The van der Waals surface area contributed by atoms with E-state index in [0.29, 0.717) is 18.0 Å². The summed E-state index contributed by atoms with van der Waals surface area (Å²) in [6.45, 7) is 4.38. The van der Waals surface area contributed by atoms with Crippen molar-refractivity contribution in [1.29, 1.82) is 5.26 Å². The third-order valence-corrected chi connectivity index (χ3v) is 4.52. The molecule has 31 heavy (non-hydrogen) atoms. The molecule has 0 radical (unpaired) electrons. The molecule has 0 bridgehead atoms. The zero-order valence-corrected chi connectivity index (χ0v) is 17.5. The van der Waals surface area contributed by atoms with Crippen LogP contribution in [-0.2, 0) is 9.53 Å². The van der Waals surface area contributed by atoms with Crippen molar-refractivity contribution in [2.45, 2.75) is 13.8 Å². The summed E-state index contributed by atoms with van der Waals surface area (Å²) in [5.74, 6) is -0.0781. The maximum atomic E-state index is 13.2. The van der Waals surface area contributed by atoms with Crippen LogP contribution in [0.5, 0.6) is 11.6 Å². The number of fused-ring (bicyclic) bond motifs is 1. The number of carbonyl (C=O) groups is 1. The first-order valence-corrected chi connectivity index (χ1v) is 9.60. The Labute approximate surface area is 179 Å². The Morgan fingerprint density at radius 1 is 1.29 bits per heavy atom. The van der Waals surface area contributed by atoms with Crippen LogP contribution in [0, 0.1) is 25.2 Å². The third kappa shape index (κ3) is 4.97. The van der Waals surface area contributed by atoms with Gasteiger partial charge in [0.25, 0.3) is 11.5 Å². The summed E-state index contributed by atoms with van der Waals surface area (Å²) in [5, 5.41) is 12.1. The highest BCUT2D eigenvalue weighted by Gasteiger charge is 2.17. The van der Waals surface area contributed by atoms with E-state index in [9.17, 15) is 14.9 Å². The molecule has 3 rings (SSSR count). The first-order valence-electron chi connectivity index (χ1n) is 9.60. The number of aromatic nitrogens is 2. The number of carbonyl (C=O) groups excluding carboxylic acids is 1. The molecule has 8 nitrogen and oxygen atoms in total. The van der Waals surface area contributed by atoms with E-state index in [1.54, 1.807) is 30.5 Å². The zero-order valence-electron chi connectivity index (χ0n) is 17.5. The van der Waals surface area contributed by atoms with Crippen molar-refractivity contribution in [2.24, 2.45) is 0 Å². The Morgan fingerprint density at radius 3 is 2.81 bits per heavy atom. The van der Waals surface area contributed by atoms with Crippen LogP contribution in [0.3, 0.4) is 0 Å². The smallest absolute Gasteiger partial charge is 0.269 e. The average Bonchev–Trinajstić information content (AvgIpc) is 2.75. The number of hydrogen-bond acceptors (Lipinski definition) is 6. The van der Waals surface area contributed by atoms with Gasteiger partial charge in [0.1, 0.15) is 28.6 Å². The summed E-state index contributed by atoms with van der Waals surface area (Å²) < 4.78 is 12.2. The van der Waals surface area contributed by atoms with Gasteiger partial charge in [0.2, 0.25) is 5.88 Å². The fourth-order valence-electron chi connectivity index (χ4n) is 2.96. The summed E-state index contributed by atoms with van der Waals surface area (Å²) in [7, 11) is 1.51. The van der Waals surface area contributed by atoms with E-state index in [1.165, 1.54) is 17.6 Å². The van der Waals surface area contributed by atoms with E-state index >= 15 is 0 Å². The lowest BCUT2D eigenvalue weighted by atomic mass is 10.1. The lowest BCUT2D eigenvalue weighted by Gasteiger charge is -2.12. The highest BCUT2D eigenvalue weighted by Crippen LogP contribution is 2.27. The Morgan fingerprint density at radius 2 is 2.10 bits per heavy atom. The molecule has 0 unspecified atom stereocenters. The fourth-order valence-corrected chi connectivity index (χ4v) is 2.96. The number of aryl methyl sites for hydroxylation is 2. The average molecular weight is 418 g/mol. The fraction of sp³-hybridized carbons (Fsp3) is 0.217. The van der Waals surface area contributed by atoms with Crippen molar-refractivity contribution in [1.82, 2.24) is 14.7 Å². The number of nitrogens with zero attached hydrogens (tertiary/aromatic N) is 3. The van der Waals surface area contributed by atoms with Gasteiger partial charge in [-0.3, -0.25) is 14.0 Å². The van der Waals surface area contributed by atoms with Crippen LogP contribution in [-0.4, -0.2) is 35.6 Å². The highest BCUT2D eigenvalue weighted by molar-refractivity contribution is 6.01. The van der Waals surface area contributed by atoms with Gasteiger partial charge in [0, 0.05) is 19.9 Å². The summed E-state index contributed by atoms with van der Waals surface area (Å²) in [5.41, 5.74) is 1.62. The first kappa shape index (κ1) is 21.7. The number of amides is 1. The van der Waals surface area contributed by atoms with Crippen LogP contribution in [0.15, 0.2) is 53.0 Å². The Hall–Kier alpha value is -3.96. The number of pyridine rings is 1. The van der Waals surface area contributed by atoms with Gasteiger partial charge in [-0.25, -0.2) is 0 Å². The molecule has 0 fully saturated rings. The first-order chi connectivity index (χ1) is 14.9. The van der Waals surface area contributed by atoms with Crippen molar-refractivity contribution < 1.29 is 14.3 Å². The summed E-state index contributed by atoms with van der Waals surface area (Å²) in [6, 6.07) is 12.6. The molecule has 0 saturated heterocycles. The maximum Gasteiger partial charge on any atom is 0.269 e. The minimum Gasteiger partial charge on any atom is -0.438 e. The lowest BCUT2D eigenvalue weighted by molar-refractivity contribution is -0.117. The Balaban J connectivity index is 2.13. The molecule has 3 aromatic rings. The Kier molecular flexibility index (Phi) is 6.80. The molecule has 2 heterocycles. The van der Waals surface area contributed by atoms with Crippen LogP contribution in [0.4, 0.5) is 0 Å². The molecule has 0 aliphatic heterocycles. The predicted octanol–water partition coefficient (Wildman–Crippen LogP) is 2.77. The molecule has 1 amide bonds. The molecule has 0 aliphatic rings. The van der Waals surface area contributed by atoms with Crippen LogP contribution >= 0.6 is 0 Å². The molecule has 8 heteroatoms. The lowest BCUT2D eigenvalue weighted by Crippen LogP contribution is -2.28. The number of rotatable bonds is 7. The second kappa shape index (κ2) is 9.69. The quantitative estimate of drug-likeness (QED) is 0.359. The molecule has 0 saturated carbocycles. The topological polar surface area (TPSA) is 106 Å². The minimum absolute atomic E-state index is 0.00196. The summed E-state index contributed by atoms with van der Waals surface area (Å²) in [4.78, 5) is 30.0. The number of methoxy groups -OCH3 is 1. The third-order valence-electron chi connectivity index (χ3n) is 4.52. The van der Waals surface area contributed by atoms with Crippen LogP contribution in [0.25, 0.3) is 11.7 Å². The number of benzene rings is 1. The minimum atomic E-state index is -0.616.